The number of nitrogens with zero attached hydrogens (tertiary/aromatic N) is 3. The van der Waals surface area contributed by atoms with Crippen molar-refractivity contribution < 1.29 is 19.4 Å². The van der Waals surface area contributed by atoms with E-state index in [4.69, 9.17) is 9.84 Å². The van der Waals surface area contributed by atoms with E-state index >= 15 is 0 Å². The van der Waals surface area contributed by atoms with Crippen LogP contribution in [0.15, 0.2) is 36.5 Å². The van der Waals surface area contributed by atoms with Gasteiger partial charge >= 0.3 is 5.97 Å². The number of benzene rings is 1. The number of hydrogen-bond acceptors (Lipinski definition) is 5. The van der Waals surface area contributed by atoms with Crippen molar-refractivity contribution in [2.75, 3.05) is 6.61 Å². The summed E-state index contributed by atoms with van der Waals surface area (Å²) in [7, 11) is 0. The van der Waals surface area contributed by atoms with Crippen LogP contribution in [0.4, 0.5) is 0 Å². The molecule has 2 N–H and O–H groups in total. The molecule has 1 aromatic carbocycles. The summed E-state index contributed by atoms with van der Waals surface area (Å²) in [5.74, 6) is -1.16. The second kappa shape index (κ2) is 8.64. The maximum atomic E-state index is 11.7. The Morgan fingerprint density at radius 2 is 2.04 bits per heavy atom. The summed E-state index contributed by atoms with van der Waals surface area (Å²) in [6.45, 7) is 0.746. The SMILES string of the molecule is O=C(O)Cn1cc(CNC(=O)CCOCc2ccccc2)nn1. The first-order valence-electron chi connectivity index (χ1n) is 7.12. The van der Waals surface area contributed by atoms with Gasteiger partial charge in [-0.05, 0) is 5.56 Å². The Balaban J connectivity index is 1.61. The van der Waals surface area contributed by atoms with Gasteiger partial charge in [0.05, 0.1) is 26.0 Å². The number of aromatic nitrogens is 3. The molecule has 0 fully saturated rings. The molecule has 122 valence electrons. The lowest BCUT2D eigenvalue weighted by atomic mass is 10.2. The van der Waals surface area contributed by atoms with Crippen molar-refractivity contribution in [1.82, 2.24) is 20.3 Å². The maximum absolute atomic E-state index is 11.7. The molecule has 23 heavy (non-hydrogen) atoms. The fraction of sp³-hybridized carbons (Fsp3) is 0.333. The number of carbonyl (C=O) groups is 2. The van der Waals surface area contributed by atoms with Crippen LogP contribution in [0, 0.1) is 0 Å². The van der Waals surface area contributed by atoms with Gasteiger partial charge in [0.2, 0.25) is 5.91 Å². The highest BCUT2D eigenvalue weighted by atomic mass is 16.5. The Hall–Kier alpha value is -2.74. The van der Waals surface area contributed by atoms with E-state index in [1.165, 1.54) is 10.9 Å². The second-order valence-electron chi connectivity index (χ2n) is 4.87. The van der Waals surface area contributed by atoms with Gasteiger partial charge in [-0.2, -0.15) is 0 Å². The van der Waals surface area contributed by atoms with E-state index < -0.39 is 5.97 Å². The Labute approximate surface area is 133 Å². The number of carboxylic acids is 1. The largest absolute Gasteiger partial charge is 0.480 e. The number of carboxylic acid groups (broad SMARTS) is 1. The minimum Gasteiger partial charge on any atom is -0.480 e. The molecule has 8 heteroatoms. The first-order chi connectivity index (χ1) is 11.1. The molecule has 1 aromatic heterocycles. The molecule has 0 radical (unpaired) electrons. The minimum absolute atomic E-state index is 0.161. The average Bonchev–Trinajstić information content (AvgIpc) is 2.97. The van der Waals surface area contributed by atoms with E-state index in [-0.39, 0.29) is 25.4 Å². The number of ether oxygens (including phenoxy) is 1. The van der Waals surface area contributed by atoms with Crippen molar-refractivity contribution in [1.29, 1.82) is 0 Å². The van der Waals surface area contributed by atoms with E-state index in [1.54, 1.807) is 0 Å². The van der Waals surface area contributed by atoms with Crippen LogP contribution in [0.5, 0.6) is 0 Å². The highest BCUT2D eigenvalue weighted by Gasteiger charge is 2.06. The molecule has 0 aliphatic carbocycles. The minimum atomic E-state index is -0.999. The third kappa shape index (κ3) is 6.27. The Morgan fingerprint density at radius 1 is 1.26 bits per heavy atom. The van der Waals surface area contributed by atoms with E-state index in [0.717, 1.165) is 5.56 Å². The van der Waals surface area contributed by atoms with Gasteiger partial charge in [0.15, 0.2) is 0 Å². The monoisotopic (exact) mass is 318 g/mol. The highest BCUT2D eigenvalue weighted by Crippen LogP contribution is 2.01. The molecule has 2 aromatic rings. The van der Waals surface area contributed by atoms with Gasteiger partial charge in [-0.3, -0.25) is 9.59 Å². The summed E-state index contributed by atoms with van der Waals surface area (Å²) in [5, 5.41) is 18.7. The van der Waals surface area contributed by atoms with Crippen molar-refractivity contribution in [2.45, 2.75) is 26.1 Å². The molecule has 0 saturated heterocycles. The van der Waals surface area contributed by atoms with Gasteiger partial charge in [0.25, 0.3) is 0 Å². The van der Waals surface area contributed by atoms with Crippen LogP contribution in [0.2, 0.25) is 0 Å². The molecule has 0 spiro atoms. The van der Waals surface area contributed by atoms with Crippen molar-refractivity contribution in [3.8, 4) is 0 Å². The standard InChI is InChI=1S/C15H18N4O4/c20-14(6-7-23-11-12-4-2-1-3-5-12)16-8-13-9-19(18-17-13)10-15(21)22/h1-5,9H,6-8,10-11H2,(H,16,20)(H,21,22). The summed E-state index contributed by atoms with van der Waals surface area (Å²) < 4.78 is 6.63. The van der Waals surface area contributed by atoms with Crippen molar-refractivity contribution >= 4 is 11.9 Å². The van der Waals surface area contributed by atoms with Crippen molar-refractivity contribution in [3.05, 3.63) is 47.8 Å². The van der Waals surface area contributed by atoms with Crippen LogP contribution in [-0.4, -0.2) is 38.6 Å². The molecule has 0 bridgehead atoms. The number of amides is 1. The molecule has 8 nitrogen and oxygen atoms in total. The number of aliphatic carboxylic acids is 1. The summed E-state index contributed by atoms with van der Waals surface area (Å²) >= 11 is 0. The van der Waals surface area contributed by atoms with Crippen LogP contribution >= 0.6 is 0 Å². The molecular formula is C15H18N4O4. The first-order valence-corrected chi connectivity index (χ1v) is 7.12. The first kappa shape index (κ1) is 16.6. The van der Waals surface area contributed by atoms with Gasteiger partial charge in [-0.25, -0.2) is 4.68 Å². The normalized spacial score (nSPS) is 10.4. The van der Waals surface area contributed by atoms with E-state index in [9.17, 15) is 9.59 Å². The smallest absolute Gasteiger partial charge is 0.325 e. The highest BCUT2D eigenvalue weighted by molar-refractivity contribution is 5.75. The predicted molar refractivity (Wildman–Crippen MR) is 80.2 cm³/mol. The fourth-order valence-electron chi connectivity index (χ4n) is 1.84. The third-order valence-electron chi connectivity index (χ3n) is 2.94. The zero-order valence-electron chi connectivity index (χ0n) is 12.5. The molecule has 2 rings (SSSR count). The van der Waals surface area contributed by atoms with Crippen LogP contribution in [0.3, 0.4) is 0 Å². The van der Waals surface area contributed by atoms with Gasteiger partial charge in [-0.15, -0.1) is 5.10 Å². The second-order valence-corrected chi connectivity index (χ2v) is 4.87. The molecule has 0 aliphatic rings. The topological polar surface area (TPSA) is 106 Å². The zero-order chi connectivity index (χ0) is 16.5. The summed E-state index contributed by atoms with van der Waals surface area (Å²) in [6.07, 6.45) is 1.73. The molecule has 0 aliphatic heterocycles. The van der Waals surface area contributed by atoms with Crippen molar-refractivity contribution in [2.24, 2.45) is 0 Å². The molecule has 1 heterocycles. The van der Waals surface area contributed by atoms with Crippen molar-refractivity contribution in [3.63, 3.8) is 0 Å². The van der Waals surface area contributed by atoms with Gasteiger partial charge < -0.3 is 15.2 Å². The quantitative estimate of drug-likeness (QED) is 0.655. The average molecular weight is 318 g/mol. The molecule has 0 unspecified atom stereocenters. The van der Waals surface area contributed by atoms with Crippen LogP contribution in [-0.2, 0) is 34.0 Å². The number of rotatable bonds is 9. The Bertz CT molecular complexity index is 642. The lowest BCUT2D eigenvalue weighted by molar-refractivity contribution is -0.138. The maximum Gasteiger partial charge on any atom is 0.325 e. The fourth-order valence-corrected chi connectivity index (χ4v) is 1.84. The van der Waals surface area contributed by atoms with E-state index in [0.29, 0.717) is 18.9 Å². The Morgan fingerprint density at radius 3 is 2.78 bits per heavy atom. The van der Waals surface area contributed by atoms with Crippen LogP contribution < -0.4 is 5.32 Å². The molecule has 1 amide bonds. The van der Waals surface area contributed by atoms with Gasteiger partial charge in [-0.1, -0.05) is 35.5 Å². The molecule has 0 saturated carbocycles. The summed E-state index contributed by atoms with van der Waals surface area (Å²) in [4.78, 5) is 22.2. The zero-order valence-corrected chi connectivity index (χ0v) is 12.5. The Kier molecular flexibility index (Phi) is 6.25. The number of hydrogen-bond donors (Lipinski definition) is 2. The predicted octanol–water partition coefficient (Wildman–Crippen LogP) is 0.586. The van der Waals surface area contributed by atoms with E-state index in [2.05, 4.69) is 15.6 Å². The molecule has 0 atom stereocenters. The lowest BCUT2D eigenvalue weighted by Crippen LogP contribution is -2.24. The van der Waals surface area contributed by atoms with Crippen LogP contribution in [0.25, 0.3) is 0 Å². The molecular weight excluding hydrogens is 300 g/mol. The number of carbonyl (C=O) groups excluding carboxylic acids is 1. The number of nitrogens with one attached hydrogen (secondary N) is 1. The van der Waals surface area contributed by atoms with Gasteiger partial charge in [0, 0.05) is 6.42 Å². The lowest BCUT2D eigenvalue weighted by Gasteiger charge is -2.05. The van der Waals surface area contributed by atoms with E-state index in [1.807, 2.05) is 30.3 Å². The summed E-state index contributed by atoms with van der Waals surface area (Å²) in [6, 6.07) is 9.72. The van der Waals surface area contributed by atoms with Crippen LogP contribution in [0.1, 0.15) is 17.7 Å². The third-order valence-corrected chi connectivity index (χ3v) is 2.94. The summed E-state index contributed by atoms with van der Waals surface area (Å²) in [5.41, 5.74) is 1.56. The van der Waals surface area contributed by atoms with Gasteiger partial charge in [0.1, 0.15) is 12.2 Å².